The number of nitrogens with two attached hydrogens (primary N) is 1. The van der Waals surface area contributed by atoms with Crippen molar-refractivity contribution >= 4 is 17.4 Å². The van der Waals surface area contributed by atoms with Crippen LogP contribution in [0.1, 0.15) is 5.56 Å². The van der Waals surface area contributed by atoms with Crippen molar-refractivity contribution in [1.82, 2.24) is 5.43 Å². The number of amidine groups is 1. The van der Waals surface area contributed by atoms with Gasteiger partial charge in [0.25, 0.3) is 5.91 Å². The van der Waals surface area contributed by atoms with Crippen LogP contribution in [0.5, 0.6) is 0 Å². The van der Waals surface area contributed by atoms with Gasteiger partial charge in [0.1, 0.15) is 0 Å². The maximum atomic E-state index is 11.2. The fourth-order valence-electron chi connectivity index (χ4n) is 1.22. The minimum Gasteiger partial charge on any atom is -0.383 e. The molecule has 82 valence electrons. The number of rotatable bonds is 2. The molecule has 0 saturated heterocycles. The number of benzene rings is 1. The molecule has 2 rings (SSSR count). The van der Waals surface area contributed by atoms with Gasteiger partial charge < -0.3 is 5.73 Å². The molecule has 6 heteroatoms. The van der Waals surface area contributed by atoms with Crippen molar-refractivity contribution in [2.24, 2.45) is 21.1 Å². The van der Waals surface area contributed by atoms with Gasteiger partial charge in [0, 0.05) is 0 Å². The maximum Gasteiger partial charge on any atom is 0.274 e. The number of aryl methyl sites for hydroxylation is 1. The second kappa shape index (κ2) is 4.09. The third-order valence-corrected chi connectivity index (χ3v) is 2.15. The Morgan fingerprint density at radius 3 is 2.62 bits per heavy atom. The molecule has 1 unspecified atom stereocenters. The first kappa shape index (κ1) is 10.3. The quantitative estimate of drug-likeness (QED) is 0.719. The monoisotopic (exact) mass is 217 g/mol. The molecule has 1 atom stereocenters. The predicted molar refractivity (Wildman–Crippen MR) is 59.2 cm³/mol. The smallest absolute Gasteiger partial charge is 0.274 e. The van der Waals surface area contributed by atoms with E-state index in [2.05, 4.69) is 20.8 Å². The fourth-order valence-corrected chi connectivity index (χ4v) is 1.22. The second-order valence-corrected chi connectivity index (χ2v) is 3.47. The summed E-state index contributed by atoms with van der Waals surface area (Å²) in [6.07, 6.45) is 0. The maximum absolute atomic E-state index is 11.2. The van der Waals surface area contributed by atoms with Crippen LogP contribution in [0, 0.1) is 6.92 Å². The Morgan fingerprint density at radius 2 is 2.06 bits per heavy atom. The zero-order valence-corrected chi connectivity index (χ0v) is 8.71. The molecule has 0 bridgehead atoms. The number of carbonyl (C=O) groups excluding carboxylic acids is 1. The molecule has 0 saturated carbocycles. The Labute approximate surface area is 92.2 Å². The highest BCUT2D eigenvalue weighted by Crippen LogP contribution is 2.14. The van der Waals surface area contributed by atoms with E-state index >= 15 is 0 Å². The summed E-state index contributed by atoms with van der Waals surface area (Å²) in [7, 11) is 0. The molecular formula is C10H11N5O. The lowest BCUT2D eigenvalue weighted by Gasteiger charge is -1.98. The molecule has 1 amide bonds. The van der Waals surface area contributed by atoms with Crippen molar-refractivity contribution < 1.29 is 4.79 Å². The third kappa shape index (κ3) is 2.05. The van der Waals surface area contributed by atoms with Gasteiger partial charge in [-0.3, -0.25) is 4.79 Å². The van der Waals surface area contributed by atoms with Crippen molar-refractivity contribution in [2.45, 2.75) is 13.0 Å². The molecule has 1 aliphatic heterocycles. The van der Waals surface area contributed by atoms with Crippen LogP contribution in [0.3, 0.4) is 0 Å². The summed E-state index contributed by atoms with van der Waals surface area (Å²) in [5.74, 6) is -0.214. The Kier molecular flexibility index (Phi) is 2.63. The molecule has 0 aromatic heterocycles. The van der Waals surface area contributed by atoms with Gasteiger partial charge in [0.15, 0.2) is 5.84 Å². The number of hydrogen-bond donors (Lipinski definition) is 2. The number of amides is 1. The van der Waals surface area contributed by atoms with Crippen LogP contribution in [0.2, 0.25) is 0 Å². The fraction of sp³-hybridized carbons (Fsp3) is 0.200. The lowest BCUT2D eigenvalue weighted by Crippen LogP contribution is -2.31. The average Bonchev–Trinajstić information content (AvgIpc) is 2.59. The van der Waals surface area contributed by atoms with Crippen LogP contribution in [0.4, 0.5) is 5.69 Å². The summed E-state index contributed by atoms with van der Waals surface area (Å²) in [6.45, 7) is 1.98. The highest BCUT2D eigenvalue weighted by molar-refractivity contribution is 6.10. The van der Waals surface area contributed by atoms with E-state index < -0.39 is 6.04 Å². The van der Waals surface area contributed by atoms with Crippen LogP contribution in [-0.4, -0.2) is 17.8 Å². The highest BCUT2D eigenvalue weighted by atomic mass is 16.2. The van der Waals surface area contributed by atoms with E-state index in [0.717, 1.165) is 5.56 Å². The van der Waals surface area contributed by atoms with Gasteiger partial charge in [-0.1, -0.05) is 17.7 Å². The number of hydrazone groups is 1. The summed E-state index contributed by atoms with van der Waals surface area (Å²) in [6, 6.07) is 6.67. The van der Waals surface area contributed by atoms with Crippen LogP contribution in [-0.2, 0) is 4.79 Å². The number of nitrogens with zero attached hydrogens (tertiary/aromatic N) is 3. The van der Waals surface area contributed by atoms with E-state index in [1.165, 1.54) is 0 Å². The van der Waals surface area contributed by atoms with E-state index in [1.54, 1.807) is 0 Å². The SMILES string of the molecule is Cc1ccc(/N=N/C2C(=O)NN=C2N)cc1. The minimum atomic E-state index is -0.804. The highest BCUT2D eigenvalue weighted by Gasteiger charge is 2.27. The Morgan fingerprint density at radius 1 is 1.38 bits per heavy atom. The van der Waals surface area contributed by atoms with Crippen LogP contribution < -0.4 is 11.2 Å². The molecule has 0 aliphatic carbocycles. The largest absolute Gasteiger partial charge is 0.383 e. The van der Waals surface area contributed by atoms with Crippen molar-refractivity contribution in [3.8, 4) is 0 Å². The molecular weight excluding hydrogens is 206 g/mol. The lowest BCUT2D eigenvalue weighted by molar-refractivity contribution is -0.120. The normalized spacial score (nSPS) is 19.9. The molecule has 6 nitrogen and oxygen atoms in total. The second-order valence-electron chi connectivity index (χ2n) is 3.47. The van der Waals surface area contributed by atoms with Gasteiger partial charge in [-0.25, -0.2) is 5.43 Å². The standard InChI is InChI=1S/C10H11N5O/c1-6-2-4-7(5-3-6)12-13-8-9(11)14-15-10(8)16/h2-5,8H,1H3,(H2,11,14)(H,15,16)/b13-12+. The summed E-state index contributed by atoms with van der Waals surface area (Å²) in [4.78, 5) is 11.2. The van der Waals surface area contributed by atoms with Gasteiger partial charge in [0.05, 0.1) is 5.69 Å². The molecule has 0 radical (unpaired) electrons. The van der Waals surface area contributed by atoms with E-state index in [1.807, 2.05) is 31.2 Å². The summed E-state index contributed by atoms with van der Waals surface area (Å²) < 4.78 is 0. The molecule has 1 aliphatic rings. The van der Waals surface area contributed by atoms with E-state index in [4.69, 9.17) is 5.73 Å². The minimum absolute atomic E-state index is 0.140. The molecule has 3 N–H and O–H groups in total. The number of carbonyl (C=O) groups is 1. The Balaban J connectivity index is 2.12. The van der Waals surface area contributed by atoms with Gasteiger partial charge in [-0.05, 0) is 19.1 Å². The van der Waals surface area contributed by atoms with Crippen molar-refractivity contribution in [3.63, 3.8) is 0 Å². The number of azo groups is 1. The first-order valence-electron chi connectivity index (χ1n) is 4.77. The summed E-state index contributed by atoms with van der Waals surface area (Å²) >= 11 is 0. The van der Waals surface area contributed by atoms with Crippen LogP contribution >= 0.6 is 0 Å². The molecule has 1 heterocycles. The van der Waals surface area contributed by atoms with Gasteiger partial charge >= 0.3 is 0 Å². The summed E-state index contributed by atoms with van der Waals surface area (Å²) in [5, 5.41) is 11.3. The van der Waals surface area contributed by atoms with Gasteiger partial charge in [0.2, 0.25) is 6.04 Å². The molecule has 1 aromatic rings. The Bertz CT molecular complexity index is 463. The van der Waals surface area contributed by atoms with E-state index in [0.29, 0.717) is 5.69 Å². The first-order chi connectivity index (χ1) is 7.66. The topological polar surface area (TPSA) is 92.2 Å². The molecule has 1 aromatic carbocycles. The van der Waals surface area contributed by atoms with Crippen molar-refractivity contribution in [1.29, 1.82) is 0 Å². The first-order valence-corrected chi connectivity index (χ1v) is 4.77. The molecule has 16 heavy (non-hydrogen) atoms. The average molecular weight is 217 g/mol. The zero-order valence-electron chi connectivity index (χ0n) is 8.71. The number of hydrogen-bond acceptors (Lipinski definition) is 5. The predicted octanol–water partition coefficient (Wildman–Crippen LogP) is 0.849. The van der Waals surface area contributed by atoms with Gasteiger partial charge in [-0.2, -0.15) is 15.3 Å². The third-order valence-electron chi connectivity index (χ3n) is 2.15. The van der Waals surface area contributed by atoms with Crippen LogP contribution in [0.15, 0.2) is 39.6 Å². The summed E-state index contributed by atoms with van der Waals surface area (Å²) in [5.41, 5.74) is 9.52. The number of nitrogens with one attached hydrogen (secondary N) is 1. The van der Waals surface area contributed by atoms with Crippen molar-refractivity contribution in [2.75, 3.05) is 0 Å². The molecule has 0 fully saturated rings. The van der Waals surface area contributed by atoms with E-state index in [-0.39, 0.29) is 11.7 Å². The van der Waals surface area contributed by atoms with Crippen LogP contribution in [0.25, 0.3) is 0 Å². The lowest BCUT2D eigenvalue weighted by atomic mass is 10.2. The van der Waals surface area contributed by atoms with Gasteiger partial charge in [-0.15, -0.1) is 0 Å². The van der Waals surface area contributed by atoms with Crippen molar-refractivity contribution in [3.05, 3.63) is 29.8 Å². The van der Waals surface area contributed by atoms with E-state index in [9.17, 15) is 4.79 Å². The molecule has 0 spiro atoms. The zero-order chi connectivity index (χ0) is 11.5. The Hall–Kier alpha value is -2.24.